The second-order valence-corrected chi connectivity index (χ2v) is 9.65. The van der Waals surface area contributed by atoms with E-state index in [4.69, 9.17) is 9.26 Å². The Hall–Kier alpha value is -4.35. The van der Waals surface area contributed by atoms with Crippen LogP contribution in [0, 0.1) is 0 Å². The van der Waals surface area contributed by atoms with Gasteiger partial charge in [0.15, 0.2) is 11.5 Å². The number of nitrogens with one attached hydrogen (secondary N) is 1. The first-order valence-electron chi connectivity index (χ1n) is 13.1. The number of aromatic nitrogens is 1. The number of aromatic hydroxyl groups is 2. The van der Waals surface area contributed by atoms with Gasteiger partial charge in [0.2, 0.25) is 0 Å². The van der Waals surface area contributed by atoms with Crippen LogP contribution in [0.1, 0.15) is 28.5 Å². The Balaban J connectivity index is 1.59. The number of benzene rings is 3. The highest BCUT2D eigenvalue weighted by molar-refractivity contribution is 6.03. The lowest BCUT2D eigenvalue weighted by Gasteiger charge is -2.26. The minimum atomic E-state index is -4.58. The van der Waals surface area contributed by atoms with Crippen LogP contribution in [0.4, 0.5) is 13.2 Å². The lowest BCUT2D eigenvalue weighted by molar-refractivity contribution is -0.137. The Labute approximate surface area is 234 Å². The molecule has 0 saturated carbocycles. The molecule has 0 radical (unpaired) electrons. The normalized spacial score (nSPS) is 14.2. The fraction of sp³-hybridized carbons (Fsp3) is 0.267. The van der Waals surface area contributed by atoms with Gasteiger partial charge >= 0.3 is 6.18 Å². The standard InChI is InChI=1S/C30H28F3N3O5/c1-2-34-29(39)27-26(19-8-6-18(7-9-19)17-36-10-12-40-13-11-36)28(41-35-27)23-15-22(24(37)16-25(23)38)20-4-3-5-21(14-20)30(31,32)33/h3-9,14-16,37-38H,2,10-13,17H2,1H3,(H,34,39). The van der Waals surface area contributed by atoms with Crippen molar-refractivity contribution in [1.29, 1.82) is 0 Å². The maximum absolute atomic E-state index is 13.4. The van der Waals surface area contributed by atoms with Gasteiger partial charge in [-0.3, -0.25) is 9.69 Å². The third-order valence-electron chi connectivity index (χ3n) is 6.86. The van der Waals surface area contributed by atoms with E-state index in [1.54, 1.807) is 6.92 Å². The molecule has 1 saturated heterocycles. The first kappa shape index (κ1) is 28.2. The summed E-state index contributed by atoms with van der Waals surface area (Å²) in [5, 5.41) is 28.0. The largest absolute Gasteiger partial charge is 0.507 e. The molecular formula is C30H28F3N3O5. The summed E-state index contributed by atoms with van der Waals surface area (Å²) in [4.78, 5) is 15.2. The van der Waals surface area contributed by atoms with Crippen molar-refractivity contribution >= 4 is 5.91 Å². The Kier molecular flexibility index (Phi) is 8.00. The van der Waals surface area contributed by atoms with E-state index in [-0.39, 0.29) is 28.1 Å². The number of alkyl halides is 3. The number of phenols is 2. The quantitative estimate of drug-likeness (QED) is 0.263. The Morgan fingerprint density at radius 1 is 0.976 bits per heavy atom. The van der Waals surface area contributed by atoms with E-state index in [1.807, 2.05) is 24.3 Å². The van der Waals surface area contributed by atoms with E-state index in [2.05, 4.69) is 15.4 Å². The van der Waals surface area contributed by atoms with Crippen molar-refractivity contribution in [2.45, 2.75) is 19.6 Å². The topological polar surface area (TPSA) is 108 Å². The molecule has 3 N–H and O–H groups in total. The molecule has 1 aliphatic rings. The van der Waals surface area contributed by atoms with Crippen LogP contribution >= 0.6 is 0 Å². The van der Waals surface area contributed by atoms with Crippen molar-refractivity contribution < 1.29 is 37.4 Å². The highest BCUT2D eigenvalue weighted by Crippen LogP contribution is 2.45. The van der Waals surface area contributed by atoms with Crippen molar-refractivity contribution in [3.8, 4) is 45.1 Å². The fourth-order valence-electron chi connectivity index (χ4n) is 4.79. The zero-order valence-corrected chi connectivity index (χ0v) is 22.2. The smallest absolute Gasteiger partial charge is 0.416 e. The predicted octanol–water partition coefficient (Wildman–Crippen LogP) is 5.69. The molecular weight excluding hydrogens is 539 g/mol. The summed E-state index contributed by atoms with van der Waals surface area (Å²) < 4.78 is 51.1. The third-order valence-corrected chi connectivity index (χ3v) is 6.86. The van der Waals surface area contributed by atoms with Crippen molar-refractivity contribution in [2.75, 3.05) is 32.8 Å². The zero-order valence-electron chi connectivity index (χ0n) is 22.2. The molecule has 1 aliphatic heterocycles. The second-order valence-electron chi connectivity index (χ2n) is 9.65. The fourth-order valence-corrected chi connectivity index (χ4v) is 4.79. The molecule has 11 heteroatoms. The molecule has 0 bridgehead atoms. The van der Waals surface area contributed by atoms with Crippen LogP contribution in [0.3, 0.4) is 0 Å². The number of phenolic OH excluding ortho intramolecular Hbond substituents is 2. The predicted molar refractivity (Wildman–Crippen MR) is 145 cm³/mol. The lowest BCUT2D eigenvalue weighted by Crippen LogP contribution is -2.35. The zero-order chi connectivity index (χ0) is 29.1. The monoisotopic (exact) mass is 567 g/mol. The number of nitrogens with zero attached hydrogens (tertiary/aromatic N) is 2. The van der Waals surface area contributed by atoms with Gasteiger partial charge in [0.25, 0.3) is 5.91 Å². The molecule has 1 fully saturated rings. The maximum Gasteiger partial charge on any atom is 0.416 e. The molecule has 8 nitrogen and oxygen atoms in total. The van der Waals surface area contributed by atoms with Gasteiger partial charge in [-0.25, -0.2) is 0 Å². The Bertz CT molecular complexity index is 1540. The summed E-state index contributed by atoms with van der Waals surface area (Å²) in [6, 6.07) is 14.3. The first-order valence-corrected chi connectivity index (χ1v) is 13.1. The van der Waals surface area contributed by atoms with Gasteiger partial charge in [0, 0.05) is 37.8 Å². The van der Waals surface area contributed by atoms with Gasteiger partial charge in [0.05, 0.1) is 29.9 Å². The van der Waals surface area contributed by atoms with E-state index in [9.17, 15) is 28.2 Å². The molecule has 3 aromatic carbocycles. The summed E-state index contributed by atoms with van der Waals surface area (Å²) in [7, 11) is 0. The molecule has 0 aliphatic carbocycles. The van der Waals surface area contributed by atoms with Gasteiger partial charge in [-0.2, -0.15) is 13.2 Å². The molecule has 214 valence electrons. The van der Waals surface area contributed by atoms with Crippen LogP contribution < -0.4 is 5.32 Å². The van der Waals surface area contributed by atoms with Crippen LogP contribution in [-0.4, -0.2) is 59.0 Å². The van der Waals surface area contributed by atoms with E-state index < -0.39 is 29.1 Å². The number of hydrogen-bond acceptors (Lipinski definition) is 7. The highest BCUT2D eigenvalue weighted by Gasteiger charge is 2.31. The third kappa shape index (κ3) is 6.06. The van der Waals surface area contributed by atoms with Gasteiger partial charge in [0.1, 0.15) is 11.5 Å². The van der Waals surface area contributed by atoms with Crippen molar-refractivity contribution in [3.63, 3.8) is 0 Å². The summed E-state index contributed by atoms with van der Waals surface area (Å²) in [6.07, 6.45) is -4.58. The second kappa shape index (κ2) is 11.6. The number of hydrogen-bond donors (Lipinski definition) is 3. The number of halogens is 3. The molecule has 4 aromatic rings. The van der Waals surface area contributed by atoms with Crippen LogP contribution in [0.2, 0.25) is 0 Å². The van der Waals surface area contributed by atoms with E-state index >= 15 is 0 Å². The van der Waals surface area contributed by atoms with Gasteiger partial charge in [-0.05, 0) is 41.8 Å². The first-order chi connectivity index (χ1) is 19.7. The number of ether oxygens (including phenoxy) is 1. The van der Waals surface area contributed by atoms with Crippen LogP contribution in [0.5, 0.6) is 11.5 Å². The number of rotatable bonds is 7. The summed E-state index contributed by atoms with van der Waals surface area (Å²) in [6.45, 7) is 5.82. The molecule has 1 amide bonds. The highest BCUT2D eigenvalue weighted by atomic mass is 19.4. The van der Waals surface area contributed by atoms with Crippen molar-refractivity contribution in [3.05, 3.63) is 77.5 Å². The van der Waals surface area contributed by atoms with E-state index in [1.165, 1.54) is 18.2 Å². The Morgan fingerprint density at radius 3 is 2.37 bits per heavy atom. The van der Waals surface area contributed by atoms with Gasteiger partial charge in [-0.15, -0.1) is 0 Å². The number of amides is 1. The number of carbonyl (C=O) groups is 1. The van der Waals surface area contributed by atoms with Crippen LogP contribution in [0.25, 0.3) is 33.6 Å². The SMILES string of the molecule is CCNC(=O)c1noc(-c2cc(-c3cccc(C(F)(F)F)c3)c(O)cc2O)c1-c1ccc(CN2CCOCC2)cc1. The maximum atomic E-state index is 13.4. The summed E-state index contributed by atoms with van der Waals surface area (Å²) >= 11 is 0. The number of morpholine rings is 1. The molecule has 1 aromatic heterocycles. The minimum absolute atomic E-state index is 0.0177. The molecule has 0 spiro atoms. The van der Waals surface area contributed by atoms with E-state index in [0.29, 0.717) is 30.9 Å². The van der Waals surface area contributed by atoms with E-state index in [0.717, 1.165) is 43.4 Å². The molecule has 0 atom stereocenters. The van der Waals surface area contributed by atoms with Gasteiger partial charge < -0.3 is 24.8 Å². The molecule has 0 unspecified atom stereocenters. The van der Waals surface area contributed by atoms with Gasteiger partial charge in [-0.1, -0.05) is 41.6 Å². The van der Waals surface area contributed by atoms with Crippen LogP contribution in [-0.2, 0) is 17.5 Å². The van der Waals surface area contributed by atoms with Crippen molar-refractivity contribution in [1.82, 2.24) is 15.4 Å². The van der Waals surface area contributed by atoms with Crippen LogP contribution in [0.15, 0.2) is 65.2 Å². The average Bonchev–Trinajstić information content (AvgIpc) is 3.39. The lowest BCUT2D eigenvalue weighted by atomic mass is 9.94. The summed E-state index contributed by atoms with van der Waals surface area (Å²) in [5.41, 5.74) is 1.18. The Morgan fingerprint density at radius 2 is 1.68 bits per heavy atom. The van der Waals surface area contributed by atoms with Crippen molar-refractivity contribution in [2.24, 2.45) is 0 Å². The molecule has 5 rings (SSSR count). The molecule has 2 heterocycles. The summed E-state index contributed by atoms with van der Waals surface area (Å²) in [5.74, 6) is -1.30. The average molecular weight is 568 g/mol. The minimum Gasteiger partial charge on any atom is -0.507 e. The molecule has 41 heavy (non-hydrogen) atoms. The number of carbonyl (C=O) groups excluding carboxylic acids is 1.